The van der Waals surface area contributed by atoms with Crippen molar-refractivity contribution in [2.45, 2.75) is 0 Å². The van der Waals surface area contributed by atoms with E-state index >= 15 is 0 Å². The van der Waals surface area contributed by atoms with Crippen molar-refractivity contribution in [2.24, 2.45) is 7.05 Å². The molecule has 0 spiro atoms. The van der Waals surface area contributed by atoms with E-state index in [-0.39, 0.29) is 0 Å². The van der Waals surface area contributed by atoms with Crippen molar-refractivity contribution in [2.75, 3.05) is 0 Å². The van der Waals surface area contributed by atoms with Crippen LogP contribution >= 0.6 is 0 Å². The molecule has 0 radical (unpaired) electrons. The number of nitrogens with zero attached hydrogens (tertiary/aromatic N) is 2. The number of pyridine rings is 1. The quantitative estimate of drug-likeness (QED) is 0.267. The van der Waals surface area contributed by atoms with Crippen molar-refractivity contribution in [3.63, 3.8) is 0 Å². The monoisotopic (exact) mass is 434 g/mol. The average Bonchev–Trinajstić information content (AvgIpc) is 3.20. The van der Waals surface area contributed by atoms with Gasteiger partial charge in [0.05, 0.1) is 11.2 Å². The molecule has 0 saturated carbocycles. The Morgan fingerprint density at radius 3 is 2.09 bits per heavy atom. The number of hydrogen-bond donors (Lipinski definition) is 0. The van der Waals surface area contributed by atoms with E-state index in [0.29, 0.717) is 0 Å². The lowest BCUT2D eigenvalue weighted by Gasteiger charge is -2.07. The van der Waals surface area contributed by atoms with Crippen molar-refractivity contribution in [3.05, 3.63) is 115 Å². The summed E-state index contributed by atoms with van der Waals surface area (Å²) in [5.74, 6) is 0. The molecule has 0 aliphatic rings. The number of fused-ring (bicyclic) bond motifs is 6. The molecule has 7 aromatic rings. The molecule has 5 aromatic carbocycles. The van der Waals surface area contributed by atoms with Crippen LogP contribution in [-0.2, 0) is 7.05 Å². The second kappa shape index (κ2) is 7.29. The van der Waals surface area contributed by atoms with Crippen LogP contribution in [0.2, 0.25) is 0 Å². The first kappa shape index (κ1) is 19.1. The molecule has 160 valence electrons. The molecule has 2 aromatic heterocycles. The first-order chi connectivity index (χ1) is 16.8. The zero-order valence-corrected chi connectivity index (χ0v) is 18.9. The molecule has 0 saturated heterocycles. The fourth-order valence-corrected chi connectivity index (χ4v) is 5.29. The van der Waals surface area contributed by atoms with Crippen molar-refractivity contribution >= 4 is 43.4 Å². The standard InChI is InChI=1S/C32H22N2/c1-34-31-20-24(23-10-9-21-6-2-3-7-22(21)18-23)11-15-28(31)29-16-12-25-19-26(13-14-27(25)32(29)34)30-8-4-5-17-33-30/h2-20H,1H3. The van der Waals surface area contributed by atoms with Gasteiger partial charge in [0.15, 0.2) is 0 Å². The molecule has 0 aliphatic carbocycles. The predicted molar refractivity (Wildman–Crippen MR) is 144 cm³/mol. The van der Waals surface area contributed by atoms with Gasteiger partial charge in [-0.3, -0.25) is 4.98 Å². The molecule has 0 amide bonds. The molecule has 0 N–H and O–H groups in total. The van der Waals surface area contributed by atoms with Gasteiger partial charge in [-0.15, -0.1) is 0 Å². The molecule has 0 fully saturated rings. The zero-order chi connectivity index (χ0) is 22.6. The molecular formula is C32H22N2. The summed E-state index contributed by atoms with van der Waals surface area (Å²) in [5, 5.41) is 7.62. The van der Waals surface area contributed by atoms with E-state index in [1.165, 1.54) is 54.5 Å². The molecule has 2 heterocycles. The summed E-state index contributed by atoms with van der Waals surface area (Å²) in [4.78, 5) is 4.52. The molecule has 0 atom stereocenters. The average molecular weight is 435 g/mol. The topological polar surface area (TPSA) is 17.8 Å². The van der Waals surface area contributed by atoms with Gasteiger partial charge >= 0.3 is 0 Å². The molecule has 34 heavy (non-hydrogen) atoms. The minimum atomic E-state index is 1.00. The minimum absolute atomic E-state index is 1.00. The molecule has 2 heteroatoms. The van der Waals surface area contributed by atoms with E-state index < -0.39 is 0 Å². The van der Waals surface area contributed by atoms with Crippen LogP contribution in [0.4, 0.5) is 0 Å². The number of benzene rings is 5. The van der Waals surface area contributed by atoms with Gasteiger partial charge < -0.3 is 4.57 Å². The van der Waals surface area contributed by atoms with Crippen LogP contribution in [-0.4, -0.2) is 9.55 Å². The van der Waals surface area contributed by atoms with Crippen LogP contribution in [0.15, 0.2) is 115 Å². The summed E-state index contributed by atoms with van der Waals surface area (Å²) in [5.41, 5.74) is 7.16. The van der Waals surface area contributed by atoms with E-state index in [1.807, 2.05) is 18.3 Å². The van der Waals surface area contributed by atoms with Gasteiger partial charge in [-0.05, 0) is 57.6 Å². The van der Waals surface area contributed by atoms with Crippen LogP contribution in [0.5, 0.6) is 0 Å². The number of hydrogen-bond acceptors (Lipinski definition) is 1. The van der Waals surface area contributed by atoms with Gasteiger partial charge in [0.2, 0.25) is 0 Å². The van der Waals surface area contributed by atoms with Gasteiger partial charge in [-0.1, -0.05) is 78.9 Å². The fraction of sp³-hybridized carbons (Fsp3) is 0.0312. The highest BCUT2D eigenvalue weighted by atomic mass is 14.9. The van der Waals surface area contributed by atoms with Gasteiger partial charge in [-0.25, -0.2) is 0 Å². The highest BCUT2D eigenvalue weighted by molar-refractivity contribution is 6.18. The molecule has 0 unspecified atom stereocenters. The smallest absolute Gasteiger partial charge is 0.0702 e. The fourth-order valence-electron chi connectivity index (χ4n) is 5.29. The normalized spacial score (nSPS) is 11.7. The van der Waals surface area contributed by atoms with Gasteiger partial charge in [0.1, 0.15) is 0 Å². The molecule has 0 bridgehead atoms. The predicted octanol–water partition coefficient (Wildman–Crippen LogP) is 8.37. The lowest BCUT2D eigenvalue weighted by Crippen LogP contribution is -1.89. The van der Waals surface area contributed by atoms with Crippen LogP contribution in [0, 0.1) is 0 Å². The van der Waals surface area contributed by atoms with Gasteiger partial charge in [-0.2, -0.15) is 0 Å². The number of rotatable bonds is 2. The third-order valence-electron chi connectivity index (χ3n) is 7.02. The van der Waals surface area contributed by atoms with E-state index in [1.54, 1.807) is 0 Å². The van der Waals surface area contributed by atoms with Crippen LogP contribution < -0.4 is 0 Å². The Bertz CT molecular complexity index is 1860. The van der Waals surface area contributed by atoms with E-state index in [0.717, 1.165) is 11.3 Å². The van der Waals surface area contributed by atoms with Crippen molar-refractivity contribution in [1.29, 1.82) is 0 Å². The molecule has 2 nitrogen and oxygen atoms in total. The Labute approximate surface area is 197 Å². The van der Waals surface area contributed by atoms with E-state index in [2.05, 4.69) is 114 Å². The number of aryl methyl sites for hydroxylation is 1. The second-order valence-electron chi connectivity index (χ2n) is 8.97. The van der Waals surface area contributed by atoms with Crippen LogP contribution in [0.1, 0.15) is 0 Å². The lowest BCUT2D eigenvalue weighted by atomic mass is 9.99. The van der Waals surface area contributed by atoms with Crippen molar-refractivity contribution in [3.8, 4) is 22.4 Å². The van der Waals surface area contributed by atoms with Crippen molar-refractivity contribution in [1.82, 2.24) is 9.55 Å². The summed E-state index contributed by atoms with van der Waals surface area (Å²) in [6.45, 7) is 0. The highest BCUT2D eigenvalue weighted by Crippen LogP contribution is 2.37. The first-order valence-electron chi connectivity index (χ1n) is 11.6. The van der Waals surface area contributed by atoms with E-state index in [9.17, 15) is 0 Å². The summed E-state index contributed by atoms with van der Waals surface area (Å²) in [7, 11) is 2.18. The van der Waals surface area contributed by atoms with Crippen LogP contribution in [0.25, 0.3) is 65.7 Å². The first-order valence-corrected chi connectivity index (χ1v) is 11.6. The van der Waals surface area contributed by atoms with Crippen molar-refractivity contribution < 1.29 is 0 Å². The summed E-state index contributed by atoms with van der Waals surface area (Å²) in [6, 6.07) is 39.3. The lowest BCUT2D eigenvalue weighted by molar-refractivity contribution is 1.02. The maximum absolute atomic E-state index is 4.52. The largest absolute Gasteiger partial charge is 0.343 e. The Hall–Kier alpha value is -4.43. The Kier molecular flexibility index (Phi) is 4.09. The second-order valence-corrected chi connectivity index (χ2v) is 8.97. The van der Waals surface area contributed by atoms with Gasteiger partial charge in [0, 0.05) is 40.5 Å². The summed E-state index contributed by atoms with van der Waals surface area (Å²) >= 11 is 0. The molecule has 7 rings (SSSR count). The molecule has 0 aliphatic heterocycles. The maximum atomic E-state index is 4.52. The SMILES string of the molecule is Cn1c2cc(-c3ccc4ccccc4c3)ccc2c2ccc3cc(-c4ccccn4)ccc3c21. The summed E-state index contributed by atoms with van der Waals surface area (Å²) < 4.78 is 2.35. The number of aromatic nitrogens is 2. The Morgan fingerprint density at radius 1 is 0.529 bits per heavy atom. The molecular weight excluding hydrogens is 412 g/mol. The minimum Gasteiger partial charge on any atom is -0.343 e. The van der Waals surface area contributed by atoms with E-state index in [4.69, 9.17) is 0 Å². The summed E-state index contributed by atoms with van der Waals surface area (Å²) in [6.07, 6.45) is 1.85. The Morgan fingerprint density at radius 2 is 1.21 bits per heavy atom. The Balaban J connectivity index is 1.42. The maximum Gasteiger partial charge on any atom is 0.0702 e. The van der Waals surface area contributed by atoms with Gasteiger partial charge in [0.25, 0.3) is 0 Å². The third-order valence-corrected chi connectivity index (χ3v) is 7.02. The third kappa shape index (κ3) is 2.85. The van der Waals surface area contributed by atoms with Crippen LogP contribution in [0.3, 0.4) is 0 Å². The highest BCUT2D eigenvalue weighted by Gasteiger charge is 2.13. The zero-order valence-electron chi connectivity index (χ0n) is 18.9.